The van der Waals surface area contributed by atoms with Crippen molar-refractivity contribution in [1.29, 1.82) is 0 Å². The second-order valence-electron chi connectivity index (χ2n) is 6.72. The average Bonchev–Trinajstić information content (AvgIpc) is 2.90. The summed E-state index contributed by atoms with van der Waals surface area (Å²) < 4.78 is 0. The Morgan fingerprint density at radius 3 is 2.35 bits per heavy atom. The van der Waals surface area contributed by atoms with Gasteiger partial charge in [0.2, 0.25) is 0 Å². The first kappa shape index (κ1) is 17.7. The summed E-state index contributed by atoms with van der Waals surface area (Å²) in [5.41, 5.74) is 1.63. The molecule has 2 heterocycles. The number of likely N-dealkylation sites (N-methyl/N-ethyl adjacent to an activating group) is 2. The minimum Gasteiger partial charge on any atom is -0.305 e. The Hall–Kier alpha value is -0.380. The van der Waals surface area contributed by atoms with E-state index in [0.29, 0.717) is 0 Å². The first-order chi connectivity index (χ1) is 9.43. The number of rotatable bonds is 3. The highest BCUT2D eigenvalue weighted by Crippen LogP contribution is 2.15. The zero-order valence-electron chi connectivity index (χ0n) is 14.5. The molecule has 3 nitrogen and oxygen atoms in total. The summed E-state index contributed by atoms with van der Waals surface area (Å²) in [6.07, 6.45) is 6.22. The van der Waals surface area contributed by atoms with E-state index in [1.165, 1.54) is 38.9 Å². The summed E-state index contributed by atoms with van der Waals surface area (Å²) in [4.78, 5) is 7.23. The van der Waals surface area contributed by atoms with Crippen molar-refractivity contribution in [2.45, 2.75) is 52.1 Å². The van der Waals surface area contributed by atoms with E-state index in [1.54, 1.807) is 5.57 Å². The third-order valence-electron chi connectivity index (χ3n) is 4.62. The molecule has 0 amide bonds. The van der Waals surface area contributed by atoms with Crippen molar-refractivity contribution in [3.05, 3.63) is 11.6 Å². The quantitative estimate of drug-likeness (QED) is 0.737. The molecule has 1 atom stereocenters. The van der Waals surface area contributed by atoms with Crippen LogP contribution in [0.15, 0.2) is 11.6 Å². The highest BCUT2D eigenvalue weighted by Gasteiger charge is 2.24. The largest absolute Gasteiger partial charge is 0.305 e. The van der Waals surface area contributed by atoms with Crippen molar-refractivity contribution in [3.63, 3.8) is 0 Å². The van der Waals surface area contributed by atoms with Crippen LogP contribution in [-0.4, -0.2) is 74.1 Å². The normalized spacial score (nSPS) is 24.8. The summed E-state index contributed by atoms with van der Waals surface area (Å²) in [5.74, 6) is 0. The Morgan fingerprint density at radius 1 is 1.30 bits per heavy atom. The van der Waals surface area contributed by atoms with Gasteiger partial charge in [-0.3, -0.25) is 4.90 Å². The van der Waals surface area contributed by atoms with Gasteiger partial charge in [-0.15, -0.1) is 0 Å². The molecule has 3 heteroatoms. The zero-order valence-corrected chi connectivity index (χ0v) is 14.5. The van der Waals surface area contributed by atoms with Crippen LogP contribution in [-0.2, 0) is 0 Å². The molecule has 118 valence electrons. The van der Waals surface area contributed by atoms with Crippen molar-refractivity contribution < 1.29 is 0 Å². The molecule has 1 unspecified atom stereocenters. The van der Waals surface area contributed by atoms with E-state index >= 15 is 0 Å². The number of hydrogen-bond donors (Lipinski definition) is 0. The van der Waals surface area contributed by atoms with Crippen LogP contribution in [0.1, 0.15) is 40.0 Å². The fraction of sp³-hybridized carbons (Fsp3) is 0.882. The third-order valence-corrected chi connectivity index (χ3v) is 4.62. The number of hydrogen-bond acceptors (Lipinski definition) is 3. The number of likely N-dealkylation sites (tertiary alicyclic amines) is 1. The smallest absolute Gasteiger partial charge is 0.0229 e. The molecule has 1 saturated heterocycles. The van der Waals surface area contributed by atoms with Gasteiger partial charge in [0.15, 0.2) is 0 Å². The lowest BCUT2D eigenvalue weighted by molar-refractivity contribution is 0.237. The monoisotopic (exact) mass is 281 g/mol. The van der Waals surface area contributed by atoms with Crippen LogP contribution < -0.4 is 0 Å². The zero-order chi connectivity index (χ0) is 15.1. The van der Waals surface area contributed by atoms with Gasteiger partial charge in [-0.25, -0.2) is 0 Å². The second-order valence-corrected chi connectivity index (χ2v) is 6.72. The Bertz CT molecular complexity index is 283. The molecule has 0 radical (unpaired) electrons. The summed E-state index contributed by atoms with van der Waals surface area (Å²) in [6.45, 7) is 11.7. The maximum Gasteiger partial charge on any atom is 0.0229 e. The molecule has 0 aliphatic carbocycles. The Labute approximate surface area is 126 Å². The molecule has 0 aromatic heterocycles. The Balaban J connectivity index is 0.000000204. The predicted octanol–water partition coefficient (Wildman–Crippen LogP) is 2.69. The molecule has 2 aliphatic heterocycles. The van der Waals surface area contributed by atoms with E-state index < -0.39 is 0 Å². The highest BCUT2D eigenvalue weighted by molar-refractivity contribution is 5.05. The lowest BCUT2D eigenvalue weighted by Crippen LogP contribution is -2.34. The van der Waals surface area contributed by atoms with E-state index in [0.717, 1.165) is 18.6 Å². The van der Waals surface area contributed by atoms with Gasteiger partial charge < -0.3 is 9.80 Å². The summed E-state index contributed by atoms with van der Waals surface area (Å²) in [6, 6.07) is 1.51. The topological polar surface area (TPSA) is 9.72 Å². The van der Waals surface area contributed by atoms with Crippen LogP contribution in [0, 0.1) is 0 Å². The maximum atomic E-state index is 2.55. The molecule has 0 spiro atoms. The van der Waals surface area contributed by atoms with Crippen molar-refractivity contribution in [2.75, 3.05) is 47.3 Å². The van der Waals surface area contributed by atoms with E-state index in [2.05, 4.69) is 62.7 Å². The fourth-order valence-electron chi connectivity index (χ4n) is 2.79. The minimum absolute atomic E-state index is 0.722. The van der Waals surface area contributed by atoms with Gasteiger partial charge in [0, 0.05) is 38.3 Å². The van der Waals surface area contributed by atoms with Crippen LogP contribution in [0.2, 0.25) is 0 Å². The molecule has 2 aliphatic rings. The molecule has 2 rings (SSSR count). The van der Waals surface area contributed by atoms with E-state index in [1.807, 2.05) is 0 Å². The molecule has 0 N–H and O–H groups in total. The van der Waals surface area contributed by atoms with Gasteiger partial charge in [-0.1, -0.05) is 18.6 Å². The highest BCUT2D eigenvalue weighted by atomic mass is 15.2. The Kier molecular flexibility index (Phi) is 7.78. The molecule has 0 aromatic rings. The van der Waals surface area contributed by atoms with Crippen LogP contribution >= 0.6 is 0 Å². The molecule has 0 aromatic carbocycles. The van der Waals surface area contributed by atoms with Crippen LogP contribution in [0.3, 0.4) is 0 Å². The van der Waals surface area contributed by atoms with Crippen LogP contribution in [0.5, 0.6) is 0 Å². The summed E-state index contributed by atoms with van der Waals surface area (Å²) in [7, 11) is 6.52. The predicted molar refractivity (Wildman–Crippen MR) is 89.3 cm³/mol. The lowest BCUT2D eigenvalue weighted by atomic mass is 10.1. The molecular weight excluding hydrogens is 246 g/mol. The first-order valence-corrected chi connectivity index (χ1v) is 8.21. The summed E-state index contributed by atoms with van der Waals surface area (Å²) in [5, 5.41) is 0. The summed E-state index contributed by atoms with van der Waals surface area (Å²) >= 11 is 0. The maximum absolute atomic E-state index is 2.55. The second kappa shape index (κ2) is 8.81. The number of nitrogens with zero attached hydrogens (tertiary/aromatic N) is 3. The molecule has 0 saturated carbocycles. The van der Waals surface area contributed by atoms with E-state index in [4.69, 9.17) is 0 Å². The van der Waals surface area contributed by atoms with Gasteiger partial charge in [0.05, 0.1) is 0 Å². The van der Waals surface area contributed by atoms with Crippen molar-refractivity contribution in [1.82, 2.24) is 14.7 Å². The first-order valence-electron chi connectivity index (χ1n) is 8.21. The van der Waals surface area contributed by atoms with Crippen molar-refractivity contribution in [3.8, 4) is 0 Å². The molecule has 1 fully saturated rings. The van der Waals surface area contributed by atoms with Gasteiger partial charge >= 0.3 is 0 Å². The van der Waals surface area contributed by atoms with Crippen molar-refractivity contribution >= 4 is 0 Å². The van der Waals surface area contributed by atoms with Crippen LogP contribution in [0.25, 0.3) is 0 Å². The van der Waals surface area contributed by atoms with E-state index in [-0.39, 0.29) is 0 Å². The SMILES string of the molecule is CC(C)N1CCC(N(C)C)C1.CCC1=CCN(C)CC1. The van der Waals surface area contributed by atoms with E-state index in [9.17, 15) is 0 Å². The molecule has 0 bridgehead atoms. The molecular formula is C17H35N3. The Morgan fingerprint density at radius 2 is 2.00 bits per heavy atom. The van der Waals surface area contributed by atoms with Crippen LogP contribution in [0.4, 0.5) is 0 Å². The molecule has 20 heavy (non-hydrogen) atoms. The van der Waals surface area contributed by atoms with Gasteiger partial charge in [0.25, 0.3) is 0 Å². The van der Waals surface area contributed by atoms with Gasteiger partial charge in [0.1, 0.15) is 0 Å². The van der Waals surface area contributed by atoms with Gasteiger partial charge in [-0.05, 0) is 54.3 Å². The third kappa shape index (κ3) is 5.94. The minimum atomic E-state index is 0.722. The van der Waals surface area contributed by atoms with Gasteiger partial charge in [-0.2, -0.15) is 0 Å². The van der Waals surface area contributed by atoms with Crippen molar-refractivity contribution in [2.24, 2.45) is 0 Å². The lowest BCUT2D eigenvalue weighted by Gasteiger charge is -2.22. The fourth-order valence-corrected chi connectivity index (χ4v) is 2.79. The standard InChI is InChI=1S/C9H20N2.C8H15N/c1-8(2)11-6-5-9(7-11)10(3)4;1-3-8-4-6-9(2)7-5-8/h8-9H,5-7H2,1-4H3;4H,3,5-7H2,1-2H3. The average molecular weight is 281 g/mol.